The van der Waals surface area contributed by atoms with Crippen LogP contribution in [0.2, 0.25) is 0 Å². The van der Waals surface area contributed by atoms with Gasteiger partial charge in [-0.3, -0.25) is 4.79 Å². The van der Waals surface area contributed by atoms with E-state index in [1.54, 1.807) is 0 Å². The molecular weight excluding hydrogens is 300 g/mol. The van der Waals surface area contributed by atoms with Gasteiger partial charge in [0.1, 0.15) is 9.84 Å². The number of nitrogens with two attached hydrogens (primary N) is 1. The topological polar surface area (TPSA) is 89.3 Å². The number of hydrogen-bond donors (Lipinski definition) is 2. The molecule has 1 amide bonds. The van der Waals surface area contributed by atoms with Gasteiger partial charge in [0, 0.05) is 24.8 Å². The summed E-state index contributed by atoms with van der Waals surface area (Å²) in [5.74, 6) is -0.115. The average molecular weight is 324 g/mol. The lowest BCUT2D eigenvalue weighted by molar-refractivity contribution is -0.122. The van der Waals surface area contributed by atoms with E-state index in [4.69, 9.17) is 5.73 Å². The second kappa shape index (κ2) is 7.24. The molecule has 1 aliphatic carbocycles. The Balaban J connectivity index is 1.87. The molecule has 0 saturated heterocycles. The van der Waals surface area contributed by atoms with Crippen molar-refractivity contribution in [2.45, 2.75) is 49.4 Å². The van der Waals surface area contributed by atoms with Crippen LogP contribution in [0.4, 0.5) is 0 Å². The smallest absolute Gasteiger partial charge is 0.222 e. The normalized spacial score (nSPS) is 23.7. The molecule has 5 nitrogen and oxygen atoms in total. The molecule has 0 radical (unpaired) electrons. The fraction of sp³-hybridized carbons (Fsp3) is 0.562. The summed E-state index contributed by atoms with van der Waals surface area (Å²) in [7, 11) is -3.04. The van der Waals surface area contributed by atoms with Crippen LogP contribution in [0.1, 0.15) is 43.7 Å². The Morgan fingerprint density at radius 1 is 1.32 bits per heavy atom. The lowest BCUT2D eigenvalue weighted by atomic mass is 9.94. The highest BCUT2D eigenvalue weighted by atomic mass is 32.2. The fourth-order valence-electron chi connectivity index (χ4n) is 2.97. The lowest BCUT2D eigenvalue weighted by Gasteiger charge is -2.29. The number of carbonyl (C=O) groups is 1. The maximum absolute atomic E-state index is 12.1. The van der Waals surface area contributed by atoms with E-state index in [1.165, 1.54) is 6.26 Å². The lowest BCUT2D eigenvalue weighted by Crippen LogP contribution is -2.42. The van der Waals surface area contributed by atoms with Crippen molar-refractivity contribution in [1.29, 1.82) is 0 Å². The van der Waals surface area contributed by atoms with E-state index < -0.39 is 9.84 Å². The van der Waals surface area contributed by atoms with Crippen molar-refractivity contribution in [3.63, 3.8) is 0 Å². The second-order valence-corrected chi connectivity index (χ2v) is 8.43. The van der Waals surface area contributed by atoms with Crippen molar-refractivity contribution in [2.24, 2.45) is 5.73 Å². The Labute approximate surface area is 132 Å². The first-order valence-electron chi connectivity index (χ1n) is 7.65. The third kappa shape index (κ3) is 4.81. The standard InChI is InChI=1S/C16H24N2O3S/c1-22(20,21)14-9-5-8-13(10-14)18-16(19)11-15(17)12-6-3-2-4-7-12/h2-4,6-7,13-15H,5,8-11,17H2,1H3,(H,18,19). The first-order valence-corrected chi connectivity index (χ1v) is 9.60. The van der Waals surface area contributed by atoms with Gasteiger partial charge in [-0.05, 0) is 24.8 Å². The number of sulfone groups is 1. The molecule has 6 heteroatoms. The Morgan fingerprint density at radius 2 is 2.00 bits per heavy atom. The highest BCUT2D eigenvalue weighted by Crippen LogP contribution is 2.24. The van der Waals surface area contributed by atoms with Gasteiger partial charge in [0.15, 0.2) is 0 Å². The van der Waals surface area contributed by atoms with Gasteiger partial charge in [-0.25, -0.2) is 8.42 Å². The summed E-state index contributed by atoms with van der Waals surface area (Å²) in [6.07, 6.45) is 4.34. The van der Waals surface area contributed by atoms with Gasteiger partial charge in [-0.1, -0.05) is 36.8 Å². The van der Waals surface area contributed by atoms with Crippen LogP contribution in [0, 0.1) is 0 Å². The molecule has 0 aromatic heterocycles. The van der Waals surface area contributed by atoms with Crippen molar-refractivity contribution in [3.8, 4) is 0 Å². The van der Waals surface area contributed by atoms with E-state index in [0.717, 1.165) is 18.4 Å². The quantitative estimate of drug-likeness (QED) is 0.860. The zero-order valence-electron chi connectivity index (χ0n) is 12.9. The summed E-state index contributed by atoms with van der Waals surface area (Å²) in [5, 5.41) is 2.60. The maximum atomic E-state index is 12.1. The van der Waals surface area contributed by atoms with Crippen molar-refractivity contribution in [2.75, 3.05) is 6.26 Å². The van der Waals surface area contributed by atoms with Gasteiger partial charge in [-0.15, -0.1) is 0 Å². The molecule has 122 valence electrons. The third-order valence-electron chi connectivity index (χ3n) is 4.23. The highest BCUT2D eigenvalue weighted by Gasteiger charge is 2.29. The third-order valence-corrected chi connectivity index (χ3v) is 5.87. The Morgan fingerprint density at radius 3 is 2.64 bits per heavy atom. The number of rotatable bonds is 5. The number of carbonyl (C=O) groups excluding carboxylic acids is 1. The van der Waals surface area contributed by atoms with Crippen LogP contribution in [0.5, 0.6) is 0 Å². The highest BCUT2D eigenvalue weighted by molar-refractivity contribution is 7.91. The molecule has 1 aromatic rings. The van der Waals surface area contributed by atoms with Crippen molar-refractivity contribution >= 4 is 15.7 Å². The first-order chi connectivity index (χ1) is 10.4. The SMILES string of the molecule is CS(=O)(=O)C1CCCC(NC(=O)CC(N)c2ccccc2)C1. The van der Waals surface area contributed by atoms with Crippen molar-refractivity contribution < 1.29 is 13.2 Å². The zero-order chi connectivity index (χ0) is 16.2. The molecule has 2 rings (SSSR count). The van der Waals surface area contributed by atoms with Gasteiger partial charge >= 0.3 is 0 Å². The van der Waals surface area contributed by atoms with E-state index in [9.17, 15) is 13.2 Å². The zero-order valence-corrected chi connectivity index (χ0v) is 13.7. The molecule has 0 heterocycles. The summed E-state index contributed by atoms with van der Waals surface area (Å²) in [6.45, 7) is 0. The maximum Gasteiger partial charge on any atom is 0.222 e. The summed E-state index contributed by atoms with van der Waals surface area (Å²) >= 11 is 0. The second-order valence-electron chi connectivity index (χ2n) is 6.10. The Hall–Kier alpha value is -1.40. The molecule has 0 bridgehead atoms. The predicted molar refractivity (Wildman–Crippen MR) is 87.0 cm³/mol. The van der Waals surface area contributed by atoms with E-state index in [-0.39, 0.29) is 29.7 Å². The van der Waals surface area contributed by atoms with E-state index in [0.29, 0.717) is 12.8 Å². The van der Waals surface area contributed by atoms with Gasteiger partial charge < -0.3 is 11.1 Å². The summed E-state index contributed by atoms with van der Waals surface area (Å²) in [4.78, 5) is 12.1. The monoisotopic (exact) mass is 324 g/mol. The molecule has 22 heavy (non-hydrogen) atoms. The van der Waals surface area contributed by atoms with Crippen LogP contribution >= 0.6 is 0 Å². The van der Waals surface area contributed by atoms with Crippen LogP contribution in [-0.2, 0) is 14.6 Å². The van der Waals surface area contributed by atoms with Crippen molar-refractivity contribution in [1.82, 2.24) is 5.32 Å². The molecule has 3 N–H and O–H groups in total. The van der Waals surface area contributed by atoms with Gasteiger partial charge in [0.2, 0.25) is 5.91 Å². The molecular formula is C16H24N2O3S. The van der Waals surface area contributed by atoms with Gasteiger partial charge in [-0.2, -0.15) is 0 Å². The van der Waals surface area contributed by atoms with Crippen LogP contribution in [-0.4, -0.2) is 31.9 Å². The molecule has 1 saturated carbocycles. The summed E-state index contributed by atoms with van der Waals surface area (Å²) in [5.41, 5.74) is 6.97. The van der Waals surface area contributed by atoms with Gasteiger partial charge in [0.25, 0.3) is 0 Å². The van der Waals surface area contributed by atoms with Crippen LogP contribution < -0.4 is 11.1 Å². The average Bonchev–Trinajstić information content (AvgIpc) is 2.47. The Bertz CT molecular complexity index is 601. The molecule has 1 aliphatic rings. The molecule has 3 unspecified atom stereocenters. The summed E-state index contributed by atoms with van der Waals surface area (Å²) in [6, 6.07) is 9.09. The minimum Gasteiger partial charge on any atom is -0.353 e. The van der Waals surface area contributed by atoms with Crippen LogP contribution in [0.15, 0.2) is 30.3 Å². The fourth-order valence-corrected chi connectivity index (χ4v) is 4.15. The van der Waals surface area contributed by atoms with E-state index in [2.05, 4.69) is 5.32 Å². The number of amides is 1. The minimum absolute atomic E-state index is 0.0658. The van der Waals surface area contributed by atoms with Crippen LogP contribution in [0.3, 0.4) is 0 Å². The number of benzene rings is 1. The molecule has 0 aliphatic heterocycles. The predicted octanol–water partition coefficient (Wildman–Crippen LogP) is 1.55. The van der Waals surface area contributed by atoms with Gasteiger partial charge in [0.05, 0.1) is 5.25 Å². The molecule has 3 atom stereocenters. The number of hydrogen-bond acceptors (Lipinski definition) is 4. The minimum atomic E-state index is -3.04. The van der Waals surface area contributed by atoms with E-state index in [1.807, 2.05) is 30.3 Å². The summed E-state index contributed by atoms with van der Waals surface area (Å²) < 4.78 is 23.3. The largest absolute Gasteiger partial charge is 0.353 e. The van der Waals surface area contributed by atoms with Crippen molar-refractivity contribution in [3.05, 3.63) is 35.9 Å². The first kappa shape index (κ1) is 17.0. The Kier molecular flexibility index (Phi) is 5.58. The molecule has 1 fully saturated rings. The number of nitrogens with one attached hydrogen (secondary N) is 1. The van der Waals surface area contributed by atoms with E-state index >= 15 is 0 Å². The van der Waals surface area contributed by atoms with Crippen LogP contribution in [0.25, 0.3) is 0 Å². The molecule has 0 spiro atoms. The molecule has 1 aromatic carbocycles.